The van der Waals surface area contributed by atoms with Crippen LogP contribution in [0.5, 0.6) is 0 Å². The summed E-state index contributed by atoms with van der Waals surface area (Å²) in [7, 11) is 0. The molecule has 92 valence electrons. The Kier molecular flexibility index (Phi) is 2.59. The van der Waals surface area contributed by atoms with E-state index in [1.165, 1.54) is 0 Å². The summed E-state index contributed by atoms with van der Waals surface area (Å²) >= 11 is 0. The van der Waals surface area contributed by atoms with Crippen molar-refractivity contribution in [2.24, 2.45) is 5.92 Å². The Balaban J connectivity index is 1.68. The molecular formula is C13H13N3O2. The van der Waals surface area contributed by atoms with Gasteiger partial charge in [0.05, 0.1) is 24.5 Å². The molecule has 0 bridgehead atoms. The first-order valence-corrected chi connectivity index (χ1v) is 5.87. The van der Waals surface area contributed by atoms with E-state index in [4.69, 9.17) is 5.11 Å². The molecule has 2 aromatic heterocycles. The van der Waals surface area contributed by atoms with Gasteiger partial charge in [-0.25, -0.2) is 4.98 Å². The second-order valence-corrected chi connectivity index (χ2v) is 4.60. The minimum absolute atomic E-state index is 0.150. The van der Waals surface area contributed by atoms with Crippen molar-refractivity contribution in [3.63, 3.8) is 0 Å². The number of aromatic nitrogens is 3. The molecule has 0 radical (unpaired) electrons. The molecule has 1 aliphatic carbocycles. The lowest BCUT2D eigenvalue weighted by Crippen LogP contribution is -2.01. The number of carboxylic acid groups (broad SMARTS) is 1. The van der Waals surface area contributed by atoms with E-state index >= 15 is 0 Å². The molecule has 3 rings (SSSR count). The van der Waals surface area contributed by atoms with Crippen molar-refractivity contribution in [2.45, 2.75) is 18.9 Å². The van der Waals surface area contributed by atoms with Crippen molar-refractivity contribution in [3.8, 4) is 0 Å². The van der Waals surface area contributed by atoms with Crippen LogP contribution in [0.25, 0.3) is 0 Å². The van der Waals surface area contributed by atoms with Gasteiger partial charge in [-0.05, 0) is 24.0 Å². The van der Waals surface area contributed by atoms with Crippen molar-refractivity contribution < 1.29 is 9.90 Å². The quantitative estimate of drug-likeness (QED) is 0.883. The third-order valence-corrected chi connectivity index (χ3v) is 3.29. The minimum atomic E-state index is -0.706. The Morgan fingerprint density at radius 1 is 1.50 bits per heavy atom. The van der Waals surface area contributed by atoms with Crippen LogP contribution in [-0.2, 0) is 11.3 Å². The van der Waals surface area contributed by atoms with Crippen molar-refractivity contribution in [3.05, 3.63) is 48.3 Å². The number of hydrogen-bond acceptors (Lipinski definition) is 3. The fraction of sp³-hybridized carbons (Fsp3) is 0.308. The average Bonchev–Trinajstić information content (AvgIpc) is 3.02. The van der Waals surface area contributed by atoms with E-state index in [2.05, 4.69) is 9.97 Å². The molecule has 0 spiro atoms. The highest BCUT2D eigenvalue weighted by molar-refractivity contribution is 5.75. The maximum atomic E-state index is 10.8. The molecule has 5 heteroatoms. The highest BCUT2D eigenvalue weighted by atomic mass is 16.4. The van der Waals surface area contributed by atoms with Crippen molar-refractivity contribution in [2.75, 3.05) is 0 Å². The van der Waals surface area contributed by atoms with Gasteiger partial charge in [0.25, 0.3) is 0 Å². The summed E-state index contributed by atoms with van der Waals surface area (Å²) in [4.78, 5) is 19.1. The van der Waals surface area contributed by atoms with E-state index in [1.54, 1.807) is 18.7 Å². The average molecular weight is 243 g/mol. The summed E-state index contributed by atoms with van der Waals surface area (Å²) in [5.41, 5.74) is 1.97. The first kappa shape index (κ1) is 11.0. The second-order valence-electron chi connectivity index (χ2n) is 4.60. The largest absolute Gasteiger partial charge is 0.481 e. The van der Waals surface area contributed by atoms with Crippen LogP contribution in [-0.4, -0.2) is 25.6 Å². The second kappa shape index (κ2) is 4.25. The van der Waals surface area contributed by atoms with Crippen LogP contribution < -0.4 is 0 Å². The van der Waals surface area contributed by atoms with Crippen LogP contribution in [0.2, 0.25) is 0 Å². The van der Waals surface area contributed by atoms with Crippen molar-refractivity contribution in [1.29, 1.82) is 0 Å². The number of rotatable bonds is 4. The Hall–Kier alpha value is -2.17. The number of nitrogens with zero attached hydrogens (tertiary/aromatic N) is 3. The normalized spacial score (nSPS) is 21.8. The van der Waals surface area contributed by atoms with Gasteiger partial charge in [0.1, 0.15) is 0 Å². The van der Waals surface area contributed by atoms with Gasteiger partial charge >= 0.3 is 5.97 Å². The Morgan fingerprint density at radius 3 is 2.94 bits per heavy atom. The molecule has 0 unspecified atom stereocenters. The lowest BCUT2D eigenvalue weighted by Gasteiger charge is -2.03. The Bertz CT molecular complexity index is 548. The lowest BCUT2D eigenvalue weighted by molar-refractivity contribution is -0.138. The molecule has 2 atom stereocenters. The van der Waals surface area contributed by atoms with Crippen LogP contribution >= 0.6 is 0 Å². The molecule has 18 heavy (non-hydrogen) atoms. The van der Waals surface area contributed by atoms with Gasteiger partial charge in [-0.15, -0.1) is 0 Å². The minimum Gasteiger partial charge on any atom is -0.481 e. The summed E-state index contributed by atoms with van der Waals surface area (Å²) in [5.74, 6) is -0.772. The number of imidazole rings is 1. The zero-order valence-electron chi connectivity index (χ0n) is 9.73. The van der Waals surface area contributed by atoms with Gasteiger partial charge in [-0.1, -0.05) is 6.07 Å². The highest BCUT2D eigenvalue weighted by Gasteiger charge is 2.44. The highest BCUT2D eigenvalue weighted by Crippen LogP contribution is 2.47. The molecule has 0 saturated heterocycles. The van der Waals surface area contributed by atoms with Crippen LogP contribution in [0.15, 0.2) is 37.1 Å². The third kappa shape index (κ3) is 2.11. The molecule has 1 saturated carbocycles. The summed E-state index contributed by atoms with van der Waals surface area (Å²) < 4.78 is 1.94. The lowest BCUT2D eigenvalue weighted by atomic mass is 10.1. The Labute approximate surface area is 104 Å². The molecule has 1 fully saturated rings. The van der Waals surface area contributed by atoms with Crippen LogP contribution in [0.4, 0.5) is 0 Å². The summed E-state index contributed by atoms with van der Waals surface area (Å²) in [6, 6.07) is 3.93. The molecule has 1 aliphatic rings. The summed E-state index contributed by atoms with van der Waals surface area (Å²) in [6.07, 6.45) is 7.89. The van der Waals surface area contributed by atoms with Gasteiger partial charge in [-0.2, -0.15) is 0 Å². The molecule has 0 aromatic carbocycles. The van der Waals surface area contributed by atoms with E-state index in [-0.39, 0.29) is 11.8 Å². The zero-order valence-corrected chi connectivity index (χ0v) is 9.73. The maximum absolute atomic E-state index is 10.8. The molecule has 2 heterocycles. The summed E-state index contributed by atoms with van der Waals surface area (Å²) in [6.45, 7) is 0.688. The van der Waals surface area contributed by atoms with Gasteiger partial charge in [0, 0.05) is 18.6 Å². The van der Waals surface area contributed by atoms with Crippen molar-refractivity contribution >= 4 is 5.97 Å². The Morgan fingerprint density at radius 2 is 2.39 bits per heavy atom. The van der Waals surface area contributed by atoms with E-state index in [9.17, 15) is 4.79 Å². The van der Waals surface area contributed by atoms with Gasteiger partial charge in [-0.3, -0.25) is 9.78 Å². The fourth-order valence-electron chi connectivity index (χ4n) is 2.15. The van der Waals surface area contributed by atoms with Gasteiger partial charge in [0.2, 0.25) is 0 Å². The van der Waals surface area contributed by atoms with Crippen LogP contribution in [0, 0.1) is 5.92 Å². The zero-order chi connectivity index (χ0) is 12.5. The molecule has 1 N–H and O–H groups in total. The number of pyridine rings is 1. The topological polar surface area (TPSA) is 68.0 Å². The maximum Gasteiger partial charge on any atom is 0.307 e. The SMILES string of the molecule is O=C(O)[C@@H]1C[C@H]1c1ccc(Cn2ccnc2)nc1. The van der Waals surface area contributed by atoms with E-state index in [1.807, 2.05) is 22.9 Å². The van der Waals surface area contributed by atoms with E-state index < -0.39 is 5.97 Å². The molecule has 2 aromatic rings. The first-order valence-electron chi connectivity index (χ1n) is 5.87. The predicted molar refractivity (Wildman–Crippen MR) is 64.0 cm³/mol. The number of carbonyl (C=O) groups is 1. The van der Waals surface area contributed by atoms with E-state index in [0.717, 1.165) is 17.7 Å². The number of hydrogen-bond donors (Lipinski definition) is 1. The van der Waals surface area contributed by atoms with Gasteiger partial charge < -0.3 is 9.67 Å². The monoisotopic (exact) mass is 243 g/mol. The summed E-state index contributed by atoms with van der Waals surface area (Å²) in [5, 5.41) is 8.88. The molecule has 5 nitrogen and oxygen atoms in total. The van der Waals surface area contributed by atoms with Crippen LogP contribution in [0.3, 0.4) is 0 Å². The molecule has 0 amide bonds. The third-order valence-electron chi connectivity index (χ3n) is 3.29. The molecular weight excluding hydrogens is 230 g/mol. The van der Waals surface area contributed by atoms with Gasteiger partial charge in [0.15, 0.2) is 0 Å². The fourth-order valence-corrected chi connectivity index (χ4v) is 2.15. The first-order chi connectivity index (χ1) is 8.74. The standard InChI is InChI=1S/C13H13N3O2/c17-13(18)12-5-11(12)9-1-2-10(15-6-9)7-16-4-3-14-8-16/h1-4,6,8,11-12H,5,7H2,(H,17,18)/t11-,12+/m0/s1. The van der Waals surface area contributed by atoms with Crippen LogP contribution in [0.1, 0.15) is 23.6 Å². The number of carboxylic acids is 1. The predicted octanol–water partition coefficient (Wildman–Crippen LogP) is 1.51. The molecule has 0 aliphatic heterocycles. The van der Waals surface area contributed by atoms with Crippen molar-refractivity contribution in [1.82, 2.24) is 14.5 Å². The number of aliphatic carboxylic acids is 1. The smallest absolute Gasteiger partial charge is 0.307 e. The van der Waals surface area contributed by atoms with E-state index in [0.29, 0.717) is 6.54 Å².